The molecule has 1 unspecified atom stereocenters. The minimum absolute atomic E-state index is 0.133. The molecule has 1 atom stereocenters. The van der Waals surface area contributed by atoms with E-state index in [-0.39, 0.29) is 18.3 Å². The highest BCUT2D eigenvalue weighted by Crippen LogP contribution is 2.16. The Hall–Kier alpha value is -2.22. The summed E-state index contributed by atoms with van der Waals surface area (Å²) >= 11 is 0. The van der Waals surface area contributed by atoms with Crippen LogP contribution in [0.25, 0.3) is 0 Å². The monoisotopic (exact) mass is 251 g/mol. The van der Waals surface area contributed by atoms with Gasteiger partial charge in [-0.1, -0.05) is 0 Å². The average molecular weight is 251 g/mol. The van der Waals surface area contributed by atoms with Crippen molar-refractivity contribution in [2.24, 2.45) is 12.8 Å². The summed E-state index contributed by atoms with van der Waals surface area (Å²) in [6.45, 7) is 1.94. The number of nitrogens with two attached hydrogens (primary N) is 1. The van der Waals surface area contributed by atoms with Crippen molar-refractivity contribution in [1.82, 2.24) is 19.9 Å². The first-order valence-corrected chi connectivity index (χ1v) is 5.36. The number of hydrogen-bond donors (Lipinski definition) is 1. The number of rotatable bonds is 4. The lowest BCUT2D eigenvalue weighted by molar-refractivity contribution is 0.0508. The van der Waals surface area contributed by atoms with E-state index in [0.717, 1.165) is 5.56 Å². The second kappa shape index (κ2) is 4.96. The van der Waals surface area contributed by atoms with Crippen LogP contribution >= 0.6 is 0 Å². The van der Waals surface area contributed by atoms with Crippen LogP contribution in [0.15, 0.2) is 16.9 Å². The summed E-state index contributed by atoms with van der Waals surface area (Å²) in [5.41, 5.74) is 6.63. The minimum atomic E-state index is -0.633. The third kappa shape index (κ3) is 2.38. The van der Waals surface area contributed by atoms with Crippen molar-refractivity contribution in [2.45, 2.75) is 13.0 Å². The van der Waals surface area contributed by atoms with Gasteiger partial charge in [0, 0.05) is 18.8 Å². The molecule has 0 saturated heterocycles. The van der Waals surface area contributed by atoms with Crippen LogP contribution in [0, 0.1) is 0 Å². The molecule has 2 aromatic rings. The Kier molecular flexibility index (Phi) is 3.38. The van der Waals surface area contributed by atoms with Crippen LogP contribution in [0.5, 0.6) is 0 Å². The number of aryl methyl sites for hydroxylation is 1. The van der Waals surface area contributed by atoms with Gasteiger partial charge in [-0.3, -0.25) is 4.68 Å². The van der Waals surface area contributed by atoms with E-state index in [1.54, 1.807) is 31.0 Å². The summed E-state index contributed by atoms with van der Waals surface area (Å²) in [4.78, 5) is 15.3. The molecule has 0 aliphatic carbocycles. The maximum Gasteiger partial charge on any atom is 0.379 e. The van der Waals surface area contributed by atoms with Crippen molar-refractivity contribution in [3.05, 3.63) is 29.7 Å². The minimum Gasteiger partial charge on any atom is -0.460 e. The molecule has 18 heavy (non-hydrogen) atoms. The van der Waals surface area contributed by atoms with Crippen molar-refractivity contribution >= 4 is 5.97 Å². The zero-order valence-corrected chi connectivity index (χ0v) is 10.0. The maximum absolute atomic E-state index is 11.4. The quantitative estimate of drug-likeness (QED) is 0.763. The Bertz CT molecular complexity index is 547. The molecular weight excluding hydrogens is 238 g/mol. The highest BCUT2D eigenvalue weighted by Gasteiger charge is 2.21. The molecule has 2 N–H and O–H groups in total. The zero-order valence-electron chi connectivity index (χ0n) is 10.0. The molecule has 96 valence electrons. The highest BCUT2D eigenvalue weighted by atomic mass is 16.5. The highest BCUT2D eigenvalue weighted by molar-refractivity contribution is 5.84. The third-order valence-corrected chi connectivity index (χ3v) is 2.25. The summed E-state index contributed by atoms with van der Waals surface area (Å²) in [6, 6.07) is -0.616. The van der Waals surface area contributed by atoms with Crippen molar-refractivity contribution in [2.75, 3.05) is 6.61 Å². The Balaban J connectivity index is 2.17. The molecule has 0 aliphatic heterocycles. The molecular formula is C10H13N5O3. The van der Waals surface area contributed by atoms with E-state index in [1.165, 1.54) is 0 Å². The van der Waals surface area contributed by atoms with Crippen molar-refractivity contribution in [1.29, 1.82) is 0 Å². The van der Waals surface area contributed by atoms with Gasteiger partial charge < -0.3 is 15.0 Å². The molecule has 8 nitrogen and oxygen atoms in total. The summed E-state index contributed by atoms with van der Waals surface area (Å²) < 4.78 is 11.3. The second-order valence-corrected chi connectivity index (χ2v) is 3.60. The van der Waals surface area contributed by atoms with Crippen LogP contribution in [0.4, 0.5) is 0 Å². The molecule has 2 heterocycles. The van der Waals surface area contributed by atoms with Crippen molar-refractivity contribution in [3.8, 4) is 0 Å². The zero-order chi connectivity index (χ0) is 13.1. The van der Waals surface area contributed by atoms with Crippen LogP contribution < -0.4 is 5.73 Å². The van der Waals surface area contributed by atoms with E-state index >= 15 is 0 Å². The summed E-state index contributed by atoms with van der Waals surface area (Å²) in [5.74, 6) is -0.622. The average Bonchev–Trinajstić information content (AvgIpc) is 2.97. The molecule has 8 heteroatoms. The predicted molar refractivity (Wildman–Crippen MR) is 59.5 cm³/mol. The third-order valence-electron chi connectivity index (χ3n) is 2.25. The number of hydrogen-bond acceptors (Lipinski definition) is 7. The lowest BCUT2D eigenvalue weighted by Gasteiger charge is -2.01. The van der Waals surface area contributed by atoms with E-state index in [1.807, 2.05) is 0 Å². The SMILES string of the molecule is CCOC(=O)c1noc(C(N)c2cnn(C)c2)n1. The Morgan fingerprint density at radius 2 is 2.44 bits per heavy atom. The molecule has 0 aromatic carbocycles. The van der Waals surface area contributed by atoms with Crippen LogP contribution in [-0.2, 0) is 11.8 Å². The Morgan fingerprint density at radius 3 is 3.06 bits per heavy atom. The van der Waals surface area contributed by atoms with Gasteiger partial charge in [0.2, 0.25) is 5.89 Å². The van der Waals surface area contributed by atoms with E-state index in [4.69, 9.17) is 15.0 Å². The van der Waals surface area contributed by atoms with E-state index < -0.39 is 12.0 Å². The molecule has 0 bridgehead atoms. The second-order valence-electron chi connectivity index (χ2n) is 3.60. The Labute approximate surface area is 103 Å². The number of carbonyl (C=O) groups excluding carboxylic acids is 1. The lowest BCUT2D eigenvalue weighted by atomic mass is 10.2. The smallest absolute Gasteiger partial charge is 0.379 e. The molecule has 2 rings (SSSR count). The van der Waals surface area contributed by atoms with Gasteiger partial charge in [0.05, 0.1) is 12.8 Å². The van der Waals surface area contributed by atoms with Gasteiger partial charge in [0.1, 0.15) is 6.04 Å². The lowest BCUT2D eigenvalue weighted by Crippen LogP contribution is -2.12. The summed E-state index contributed by atoms with van der Waals surface area (Å²) in [7, 11) is 1.77. The first-order valence-electron chi connectivity index (χ1n) is 5.36. The normalized spacial score (nSPS) is 12.4. The van der Waals surface area contributed by atoms with Crippen molar-refractivity contribution < 1.29 is 14.1 Å². The van der Waals surface area contributed by atoms with Gasteiger partial charge in [-0.05, 0) is 12.1 Å². The van der Waals surface area contributed by atoms with Gasteiger partial charge in [-0.15, -0.1) is 0 Å². The number of nitrogens with zero attached hydrogens (tertiary/aromatic N) is 4. The number of ether oxygens (including phenoxy) is 1. The topological polar surface area (TPSA) is 109 Å². The number of esters is 1. The van der Waals surface area contributed by atoms with Gasteiger partial charge in [-0.2, -0.15) is 10.1 Å². The van der Waals surface area contributed by atoms with Crippen molar-refractivity contribution in [3.63, 3.8) is 0 Å². The maximum atomic E-state index is 11.4. The molecule has 0 saturated carbocycles. The van der Waals surface area contributed by atoms with Crippen LogP contribution in [0.2, 0.25) is 0 Å². The van der Waals surface area contributed by atoms with Crippen LogP contribution in [-0.4, -0.2) is 32.5 Å². The fourth-order valence-corrected chi connectivity index (χ4v) is 1.38. The summed E-state index contributed by atoms with van der Waals surface area (Å²) in [5, 5.41) is 7.51. The van der Waals surface area contributed by atoms with Gasteiger partial charge >= 0.3 is 5.97 Å². The largest absolute Gasteiger partial charge is 0.460 e. The molecule has 0 fully saturated rings. The molecule has 0 aliphatic rings. The van der Waals surface area contributed by atoms with Crippen LogP contribution in [0.3, 0.4) is 0 Å². The fourth-order valence-electron chi connectivity index (χ4n) is 1.38. The molecule has 0 spiro atoms. The first-order chi connectivity index (χ1) is 8.61. The first kappa shape index (κ1) is 12.2. The number of aromatic nitrogens is 4. The summed E-state index contributed by atoms with van der Waals surface area (Å²) in [6.07, 6.45) is 3.33. The van der Waals surface area contributed by atoms with Crippen LogP contribution in [0.1, 0.15) is 35.0 Å². The number of carbonyl (C=O) groups is 1. The van der Waals surface area contributed by atoms with E-state index in [0.29, 0.717) is 0 Å². The fraction of sp³-hybridized carbons (Fsp3) is 0.400. The van der Waals surface area contributed by atoms with E-state index in [2.05, 4.69) is 15.2 Å². The Morgan fingerprint density at radius 1 is 1.67 bits per heavy atom. The molecule has 0 radical (unpaired) electrons. The molecule has 0 amide bonds. The van der Waals surface area contributed by atoms with Gasteiger partial charge in [0.15, 0.2) is 0 Å². The van der Waals surface area contributed by atoms with E-state index in [9.17, 15) is 4.79 Å². The predicted octanol–water partition coefficient (Wildman–Crippen LogP) is 0.0279. The standard InChI is InChI=1S/C10H13N5O3/c1-3-17-10(16)8-13-9(18-14-8)7(11)6-4-12-15(2)5-6/h4-5,7H,3,11H2,1-2H3. The van der Waals surface area contributed by atoms with Gasteiger partial charge in [0.25, 0.3) is 5.82 Å². The van der Waals surface area contributed by atoms with Gasteiger partial charge in [-0.25, -0.2) is 4.79 Å². The molecule has 2 aromatic heterocycles.